The van der Waals surface area contributed by atoms with Gasteiger partial charge in [0.2, 0.25) is 0 Å². The minimum atomic E-state index is -4.48. The second kappa shape index (κ2) is 7.98. The summed E-state index contributed by atoms with van der Waals surface area (Å²) in [6, 6.07) is 5.87. The molecule has 1 amide bonds. The number of alkyl halides is 3. The first-order chi connectivity index (χ1) is 13.2. The van der Waals surface area contributed by atoms with Gasteiger partial charge in [-0.2, -0.15) is 18.4 Å². The molecule has 0 aliphatic heterocycles. The first-order valence-corrected chi connectivity index (χ1v) is 10.8. The van der Waals surface area contributed by atoms with Crippen molar-refractivity contribution in [2.24, 2.45) is 5.41 Å². The Balaban J connectivity index is 1.82. The van der Waals surface area contributed by atoms with E-state index >= 15 is 0 Å². The van der Waals surface area contributed by atoms with Crippen LogP contribution in [0.1, 0.15) is 74.2 Å². The Morgan fingerprint density at radius 2 is 1.86 bits per heavy atom. The summed E-state index contributed by atoms with van der Waals surface area (Å²) in [6.45, 7) is 2.05. The summed E-state index contributed by atoms with van der Waals surface area (Å²) in [4.78, 5) is 13.6. The third-order valence-electron chi connectivity index (χ3n) is 6.17. The van der Waals surface area contributed by atoms with E-state index in [9.17, 15) is 23.2 Å². The van der Waals surface area contributed by atoms with E-state index in [1.54, 1.807) is 0 Å². The summed E-state index contributed by atoms with van der Waals surface area (Å²) >= 11 is 1.43. The molecular formula is C21H25F3N2OS. The normalized spacial score (nSPS) is 26.7. The molecule has 0 aromatic heterocycles. The summed E-state index contributed by atoms with van der Waals surface area (Å²) in [5.74, 6) is 0.328. The van der Waals surface area contributed by atoms with Crippen LogP contribution in [-0.4, -0.2) is 17.2 Å². The number of halogens is 3. The van der Waals surface area contributed by atoms with Crippen LogP contribution in [-0.2, 0) is 6.18 Å². The number of amides is 1. The van der Waals surface area contributed by atoms with Crippen molar-refractivity contribution >= 4 is 17.7 Å². The molecule has 3 aliphatic rings. The van der Waals surface area contributed by atoms with Crippen LogP contribution in [0.15, 0.2) is 23.1 Å². The summed E-state index contributed by atoms with van der Waals surface area (Å²) in [5, 5.41) is 12.5. The zero-order chi connectivity index (χ0) is 20.4. The second-order valence-corrected chi connectivity index (χ2v) is 9.17. The lowest BCUT2D eigenvalue weighted by Gasteiger charge is -2.50. The molecule has 0 atom stereocenters. The Morgan fingerprint density at radius 3 is 2.39 bits per heavy atom. The summed E-state index contributed by atoms with van der Waals surface area (Å²) in [7, 11) is 0. The zero-order valence-corrected chi connectivity index (χ0v) is 16.8. The van der Waals surface area contributed by atoms with Gasteiger partial charge in [-0.05, 0) is 68.9 Å². The van der Waals surface area contributed by atoms with Crippen LogP contribution < -0.4 is 5.32 Å². The maximum Gasteiger partial charge on any atom is 0.416 e. The molecule has 0 unspecified atom stereocenters. The molecule has 0 spiro atoms. The number of nitrogens with zero attached hydrogens (tertiary/aromatic N) is 1. The quantitative estimate of drug-likeness (QED) is 0.466. The van der Waals surface area contributed by atoms with Crippen molar-refractivity contribution in [3.63, 3.8) is 0 Å². The van der Waals surface area contributed by atoms with Gasteiger partial charge in [0, 0.05) is 10.4 Å². The van der Waals surface area contributed by atoms with Crippen molar-refractivity contribution in [3.8, 4) is 6.07 Å². The first-order valence-electron chi connectivity index (χ1n) is 9.80. The molecule has 1 aromatic carbocycles. The molecule has 1 aromatic rings. The van der Waals surface area contributed by atoms with Crippen molar-refractivity contribution in [2.45, 2.75) is 74.9 Å². The van der Waals surface area contributed by atoms with Gasteiger partial charge >= 0.3 is 6.18 Å². The molecule has 4 rings (SSSR count). The Bertz CT molecular complexity index is 760. The third-order valence-corrected chi connectivity index (χ3v) is 7.33. The van der Waals surface area contributed by atoms with E-state index in [1.165, 1.54) is 17.8 Å². The number of nitrogens with one attached hydrogen (secondary N) is 1. The molecule has 28 heavy (non-hydrogen) atoms. The first kappa shape index (κ1) is 21.0. The minimum absolute atomic E-state index is 0.105. The summed E-state index contributed by atoms with van der Waals surface area (Å²) in [6.07, 6.45) is 1.80. The summed E-state index contributed by atoms with van der Waals surface area (Å²) < 4.78 is 39.6. The Kier molecular flexibility index (Phi) is 6.00. The van der Waals surface area contributed by atoms with E-state index in [1.807, 2.05) is 6.92 Å². The molecule has 3 nitrogen and oxygen atoms in total. The maximum absolute atomic E-state index is 13.2. The highest BCUT2D eigenvalue weighted by Crippen LogP contribution is 2.52. The number of hydrogen-bond donors (Lipinski definition) is 1. The van der Waals surface area contributed by atoms with Crippen LogP contribution in [0.25, 0.3) is 0 Å². The fourth-order valence-corrected chi connectivity index (χ4v) is 5.31. The predicted octanol–water partition coefficient (Wildman–Crippen LogP) is 5.94. The molecule has 1 N–H and O–H groups in total. The van der Waals surface area contributed by atoms with Crippen LogP contribution in [0.2, 0.25) is 0 Å². The van der Waals surface area contributed by atoms with Gasteiger partial charge in [0.15, 0.2) is 0 Å². The minimum Gasteiger partial charge on any atom is -0.347 e. The number of nitriles is 1. The Morgan fingerprint density at radius 1 is 1.21 bits per heavy atom. The van der Waals surface area contributed by atoms with Gasteiger partial charge < -0.3 is 5.32 Å². The number of fused-ring (bicyclic) bond motifs is 3. The van der Waals surface area contributed by atoms with Crippen molar-refractivity contribution in [3.05, 3.63) is 29.3 Å². The fraction of sp³-hybridized carbons (Fsp3) is 0.619. The number of hydrogen-bond acceptors (Lipinski definition) is 3. The lowest BCUT2D eigenvalue weighted by Crippen LogP contribution is -2.56. The largest absolute Gasteiger partial charge is 0.416 e. The fourth-order valence-electron chi connectivity index (χ4n) is 4.19. The number of rotatable bonds is 6. The average molecular weight is 411 g/mol. The maximum atomic E-state index is 13.2. The van der Waals surface area contributed by atoms with E-state index in [2.05, 4.69) is 11.4 Å². The Labute approximate surface area is 168 Å². The topological polar surface area (TPSA) is 52.9 Å². The van der Waals surface area contributed by atoms with E-state index < -0.39 is 23.2 Å². The molecule has 3 fully saturated rings. The van der Waals surface area contributed by atoms with Crippen LogP contribution in [0, 0.1) is 16.7 Å². The molecule has 0 radical (unpaired) electrons. The number of carbonyl (C=O) groups is 1. The molecule has 0 heterocycles. The van der Waals surface area contributed by atoms with Crippen LogP contribution in [0.5, 0.6) is 0 Å². The Hall–Kier alpha value is -1.68. The van der Waals surface area contributed by atoms with Crippen molar-refractivity contribution in [2.75, 3.05) is 5.75 Å². The van der Waals surface area contributed by atoms with Gasteiger partial charge in [-0.3, -0.25) is 4.79 Å². The highest BCUT2D eigenvalue weighted by molar-refractivity contribution is 7.99. The number of thioether (sulfide) groups is 1. The molecule has 152 valence electrons. The smallest absolute Gasteiger partial charge is 0.347 e. The third kappa shape index (κ3) is 4.32. The highest BCUT2D eigenvalue weighted by Gasteiger charge is 2.49. The van der Waals surface area contributed by atoms with E-state index in [-0.39, 0.29) is 11.0 Å². The van der Waals surface area contributed by atoms with Gasteiger partial charge in [-0.25, -0.2) is 0 Å². The van der Waals surface area contributed by atoms with Gasteiger partial charge in [0.05, 0.1) is 22.6 Å². The number of unbranched alkanes of at least 4 members (excludes halogenated alkanes) is 1. The molecule has 3 saturated carbocycles. The van der Waals surface area contributed by atoms with Gasteiger partial charge in [-0.1, -0.05) is 13.3 Å². The molecule has 0 saturated heterocycles. The van der Waals surface area contributed by atoms with E-state index in [4.69, 9.17) is 0 Å². The zero-order valence-electron chi connectivity index (χ0n) is 16.0. The van der Waals surface area contributed by atoms with E-state index in [0.29, 0.717) is 24.2 Å². The average Bonchev–Trinajstić information content (AvgIpc) is 2.69. The van der Waals surface area contributed by atoms with Gasteiger partial charge in [0.1, 0.15) is 0 Å². The monoisotopic (exact) mass is 410 g/mol. The molecular weight excluding hydrogens is 385 g/mol. The van der Waals surface area contributed by atoms with Crippen molar-refractivity contribution < 1.29 is 18.0 Å². The van der Waals surface area contributed by atoms with Gasteiger partial charge in [-0.15, -0.1) is 11.8 Å². The van der Waals surface area contributed by atoms with Gasteiger partial charge in [0.25, 0.3) is 5.91 Å². The predicted molar refractivity (Wildman–Crippen MR) is 103 cm³/mol. The van der Waals surface area contributed by atoms with Crippen molar-refractivity contribution in [1.29, 1.82) is 5.26 Å². The molecule has 2 bridgehead atoms. The number of benzene rings is 1. The molecule has 3 aliphatic carbocycles. The van der Waals surface area contributed by atoms with Crippen LogP contribution >= 0.6 is 11.8 Å². The van der Waals surface area contributed by atoms with Crippen LogP contribution in [0.4, 0.5) is 13.2 Å². The number of carbonyl (C=O) groups excluding carboxylic acids is 1. The standard InChI is InChI=1S/C21H25F3N2OS/c1-2-3-12-28-17-5-4-15(21(22,23)24)13-16(17)18(27)26-20-9-6-19(14-25,7-10-20)8-11-20/h4-5,13H,2-3,6-12H2,1H3,(H,26,27). The second-order valence-electron chi connectivity index (χ2n) is 8.04. The lowest BCUT2D eigenvalue weighted by atomic mass is 9.58. The van der Waals surface area contributed by atoms with E-state index in [0.717, 1.165) is 50.0 Å². The summed E-state index contributed by atoms with van der Waals surface area (Å²) in [5.41, 5.74) is -1.36. The molecule has 7 heteroatoms. The van der Waals surface area contributed by atoms with Crippen LogP contribution in [0.3, 0.4) is 0 Å². The SMILES string of the molecule is CCCCSc1ccc(C(F)(F)F)cc1C(=O)NC12CCC(C#N)(CC1)CC2. The van der Waals surface area contributed by atoms with Crippen molar-refractivity contribution in [1.82, 2.24) is 5.32 Å². The lowest BCUT2D eigenvalue weighted by molar-refractivity contribution is -0.137. The highest BCUT2D eigenvalue weighted by atomic mass is 32.2.